The molecule has 1 aromatic heterocycles. The van der Waals surface area contributed by atoms with Gasteiger partial charge in [-0.15, -0.1) is 0 Å². The molecule has 0 radical (unpaired) electrons. The number of hydrogen-bond donors (Lipinski definition) is 1. The summed E-state index contributed by atoms with van der Waals surface area (Å²) in [5.74, 6) is 0.311. The summed E-state index contributed by atoms with van der Waals surface area (Å²) in [5.41, 5.74) is 7.27. The van der Waals surface area contributed by atoms with Gasteiger partial charge in [0, 0.05) is 25.0 Å². The Morgan fingerprint density at radius 2 is 2.04 bits per heavy atom. The van der Waals surface area contributed by atoms with Crippen LogP contribution < -0.4 is 5.73 Å². The predicted octanol–water partition coefficient (Wildman–Crippen LogP) is 2.13. The normalized spacial score (nSPS) is 21.5. The maximum absolute atomic E-state index is 13.0. The zero-order valence-electron chi connectivity index (χ0n) is 12.9. The highest BCUT2D eigenvalue weighted by molar-refractivity contribution is 5.86. The number of furan rings is 1. The summed E-state index contributed by atoms with van der Waals surface area (Å²) in [6, 6.07) is 9.84. The highest BCUT2D eigenvalue weighted by Crippen LogP contribution is 2.28. The molecule has 23 heavy (non-hydrogen) atoms. The second-order valence-corrected chi connectivity index (χ2v) is 5.77. The van der Waals surface area contributed by atoms with E-state index in [1.807, 2.05) is 0 Å². The van der Waals surface area contributed by atoms with Crippen LogP contribution in [0.5, 0.6) is 0 Å². The van der Waals surface area contributed by atoms with Crippen molar-refractivity contribution < 1.29 is 18.3 Å². The number of carbonyl (C=O) groups is 1. The minimum absolute atomic E-state index is 0.0181. The fourth-order valence-corrected chi connectivity index (χ4v) is 3.00. The molecule has 1 saturated heterocycles. The third-order valence-corrected chi connectivity index (χ3v) is 4.17. The van der Waals surface area contributed by atoms with Crippen LogP contribution in [0.15, 0.2) is 40.8 Å². The van der Waals surface area contributed by atoms with Gasteiger partial charge in [0.05, 0.1) is 13.7 Å². The summed E-state index contributed by atoms with van der Waals surface area (Å²) in [5, 5.41) is 0. The summed E-state index contributed by atoms with van der Waals surface area (Å²) < 4.78 is 23.1. The van der Waals surface area contributed by atoms with Gasteiger partial charge in [0.1, 0.15) is 11.6 Å². The topological polar surface area (TPSA) is 68.7 Å². The molecule has 6 heteroatoms. The molecule has 0 bridgehead atoms. The first-order valence-corrected chi connectivity index (χ1v) is 7.47. The third-order valence-electron chi connectivity index (χ3n) is 4.17. The van der Waals surface area contributed by atoms with E-state index in [2.05, 4.69) is 9.64 Å². The molecule has 1 aromatic carbocycles. The predicted molar refractivity (Wildman–Crippen MR) is 82.4 cm³/mol. The smallest absolute Gasteiger partial charge is 0.373 e. The van der Waals surface area contributed by atoms with Crippen LogP contribution in [0.1, 0.15) is 27.8 Å². The van der Waals surface area contributed by atoms with Crippen molar-refractivity contribution in [3.8, 4) is 0 Å². The van der Waals surface area contributed by atoms with Crippen molar-refractivity contribution in [2.24, 2.45) is 5.73 Å². The number of ether oxygens (including phenoxy) is 1. The van der Waals surface area contributed by atoms with Crippen molar-refractivity contribution in [1.29, 1.82) is 0 Å². The lowest BCUT2D eigenvalue weighted by Gasteiger charge is -2.15. The van der Waals surface area contributed by atoms with Crippen molar-refractivity contribution in [3.05, 3.63) is 59.3 Å². The van der Waals surface area contributed by atoms with Crippen LogP contribution in [0.3, 0.4) is 0 Å². The molecule has 1 aliphatic heterocycles. The highest BCUT2D eigenvalue weighted by Gasteiger charge is 2.31. The molecule has 5 nitrogen and oxygen atoms in total. The molecule has 2 N–H and O–H groups in total. The van der Waals surface area contributed by atoms with E-state index in [1.165, 1.54) is 19.2 Å². The fourth-order valence-electron chi connectivity index (χ4n) is 3.00. The number of esters is 1. The summed E-state index contributed by atoms with van der Waals surface area (Å²) in [7, 11) is 1.32. The zero-order chi connectivity index (χ0) is 16.4. The van der Waals surface area contributed by atoms with Crippen molar-refractivity contribution in [3.63, 3.8) is 0 Å². The van der Waals surface area contributed by atoms with E-state index in [-0.39, 0.29) is 23.5 Å². The highest BCUT2D eigenvalue weighted by atomic mass is 19.1. The summed E-state index contributed by atoms with van der Waals surface area (Å²) in [6.45, 7) is 2.06. The van der Waals surface area contributed by atoms with Crippen LogP contribution in [-0.2, 0) is 11.3 Å². The maximum atomic E-state index is 13.0. The Hall–Kier alpha value is -2.18. The number of hydrogen-bond acceptors (Lipinski definition) is 5. The molecular formula is C17H19FN2O3. The molecule has 0 aliphatic carbocycles. The Balaban J connectivity index is 1.65. The molecule has 0 amide bonds. The van der Waals surface area contributed by atoms with Gasteiger partial charge in [-0.25, -0.2) is 9.18 Å². The second-order valence-electron chi connectivity index (χ2n) is 5.77. The first-order chi connectivity index (χ1) is 11.1. The van der Waals surface area contributed by atoms with Gasteiger partial charge >= 0.3 is 5.97 Å². The Morgan fingerprint density at radius 3 is 2.74 bits per heavy atom. The number of carbonyl (C=O) groups excluding carboxylic acids is 1. The molecule has 2 atom stereocenters. The average Bonchev–Trinajstić information content (AvgIpc) is 3.14. The van der Waals surface area contributed by atoms with Gasteiger partial charge in [0.2, 0.25) is 5.76 Å². The van der Waals surface area contributed by atoms with Crippen molar-refractivity contribution in [2.45, 2.75) is 18.5 Å². The van der Waals surface area contributed by atoms with E-state index in [9.17, 15) is 9.18 Å². The van der Waals surface area contributed by atoms with Crippen molar-refractivity contribution >= 4 is 5.97 Å². The van der Waals surface area contributed by atoms with E-state index in [4.69, 9.17) is 10.2 Å². The van der Waals surface area contributed by atoms with Crippen LogP contribution in [0.25, 0.3) is 0 Å². The summed E-state index contributed by atoms with van der Waals surface area (Å²) in [4.78, 5) is 13.6. The molecule has 0 spiro atoms. The molecule has 1 fully saturated rings. The maximum Gasteiger partial charge on any atom is 0.373 e. The lowest BCUT2D eigenvalue weighted by Crippen LogP contribution is -2.28. The van der Waals surface area contributed by atoms with Crippen molar-refractivity contribution in [1.82, 2.24) is 4.90 Å². The van der Waals surface area contributed by atoms with Gasteiger partial charge in [-0.2, -0.15) is 0 Å². The lowest BCUT2D eigenvalue weighted by atomic mass is 9.95. The molecular weight excluding hydrogens is 299 g/mol. The minimum Gasteiger partial charge on any atom is -0.463 e. The minimum atomic E-state index is -0.487. The molecule has 2 heterocycles. The Labute approximate surface area is 133 Å². The SMILES string of the molecule is COC(=O)c1ccc(CN2CC(N)C(c3ccc(F)cc3)C2)o1. The Bertz CT molecular complexity index is 683. The first-order valence-electron chi connectivity index (χ1n) is 7.47. The van der Waals surface area contributed by atoms with Gasteiger partial charge in [0.25, 0.3) is 0 Å². The number of benzene rings is 1. The van der Waals surface area contributed by atoms with Gasteiger partial charge in [0.15, 0.2) is 0 Å². The monoisotopic (exact) mass is 318 g/mol. The van der Waals surface area contributed by atoms with Crippen LogP contribution in [0, 0.1) is 5.82 Å². The van der Waals surface area contributed by atoms with E-state index < -0.39 is 5.97 Å². The molecule has 2 unspecified atom stereocenters. The third kappa shape index (κ3) is 3.43. The number of likely N-dealkylation sites (tertiary alicyclic amines) is 1. The number of nitrogens with zero attached hydrogens (tertiary/aromatic N) is 1. The van der Waals surface area contributed by atoms with E-state index in [1.54, 1.807) is 24.3 Å². The molecule has 1 aliphatic rings. The standard InChI is InChI=1S/C17H19FN2O3/c1-22-17(21)16-7-6-13(23-16)8-20-9-14(15(19)10-20)11-2-4-12(18)5-3-11/h2-7,14-15H,8-10,19H2,1H3. The van der Waals surface area contributed by atoms with Crippen LogP contribution in [0.2, 0.25) is 0 Å². The van der Waals surface area contributed by atoms with Gasteiger partial charge in [-0.1, -0.05) is 12.1 Å². The van der Waals surface area contributed by atoms with Gasteiger partial charge in [-0.3, -0.25) is 4.90 Å². The molecule has 3 rings (SSSR count). The van der Waals surface area contributed by atoms with E-state index in [0.717, 1.165) is 18.7 Å². The van der Waals surface area contributed by atoms with Crippen molar-refractivity contribution in [2.75, 3.05) is 20.2 Å². The zero-order valence-corrected chi connectivity index (χ0v) is 12.9. The quantitative estimate of drug-likeness (QED) is 0.875. The molecule has 0 saturated carbocycles. The van der Waals surface area contributed by atoms with E-state index in [0.29, 0.717) is 12.3 Å². The van der Waals surface area contributed by atoms with Crippen LogP contribution in [-0.4, -0.2) is 37.1 Å². The van der Waals surface area contributed by atoms with Gasteiger partial charge < -0.3 is 14.9 Å². The fraction of sp³-hybridized carbons (Fsp3) is 0.353. The number of nitrogens with two attached hydrogens (primary N) is 1. The van der Waals surface area contributed by atoms with Gasteiger partial charge in [-0.05, 0) is 29.8 Å². The average molecular weight is 318 g/mol. The number of halogens is 1. The first kappa shape index (κ1) is 15.7. The Morgan fingerprint density at radius 1 is 1.30 bits per heavy atom. The summed E-state index contributed by atoms with van der Waals surface area (Å²) >= 11 is 0. The van der Waals surface area contributed by atoms with Crippen LogP contribution >= 0.6 is 0 Å². The largest absolute Gasteiger partial charge is 0.463 e. The summed E-state index contributed by atoms with van der Waals surface area (Å²) in [6.07, 6.45) is 0. The molecule has 2 aromatic rings. The number of rotatable bonds is 4. The van der Waals surface area contributed by atoms with E-state index >= 15 is 0 Å². The van der Waals surface area contributed by atoms with Crippen LogP contribution in [0.4, 0.5) is 4.39 Å². The molecule has 122 valence electrons. The lowest BCUT2D eigenvalue weighted by molar-refractivity contribution is 0.0561. The number of methoxy groups -OCH3 is 1. The second kappa shape index (κ2) is 6.52. The Kier molecular flexibility index (Phi) is 4.45.